The molecule has 25 heavy (non-hydrogen) atoms. The summed E-state index contributed by atoms with van der Waals surface area (Å²) in [5, 5.41) is 6.68. The molecule has 2 heterocycles. The summed E-state index contributed by atoms with van der Waals surface area (Å²) in [6, 6.07) is 18.2. The van der Waals surface area contributed by atoms with Gasteiger partial charge in [0.1, 0.15) is 5.82 Å². The Hall–Kier alpha value is -2.66. The number of rotatable bonds is 4. The first-order valence-corrected chi connectivity index (χ1v) is 8.79. The van der Waals surface area contributed by atoms with Crippen LogP contribution in [-0.4, -0.2) is 28.5 Å². The predicted octanol–water partition coefficient (Wildman–Crippen LogP) is 2.71. The van der Waals surface area contributed by atoms with Gasteiger partial charge < -0.3 is 15.6 Å². The molecule has 1 amide bonds. The van der Waals surface area contributed by atoms with Crippen molar-refractivity contribution in [2.75, 3.05) is 6.54 Å². The molecule has 1 aromatic heterocycles. The van der Waals surface area contributed by atoms with Crippen LogP contribution in [0.5, 0.6) is 0 Å². The first-order chi connectivity index (χ1) is 12.3. The van der Waals surface area contributed by atoms with E-state index in [0.717, 1.165) is 41.8 Å². The van der Waals surface area contributed by atoms with Crippen molar-refractivity contribution in [3.8, 4) is 0 Å². The fourth-order valence-electron chi connectivity index (χ4n) is 3.45. The first kappa shape index (κ1) is 15.8. The third-order valence-corrected chi connectivity index (χ3v) is 4.71. The van der Waals surface area contributed by atoms with Crippen molar-refractivity contribution in [3.05, 3.63) is 66.0 Å². The molecular weight excluding hydrogens is 312 g/mol. The van der Waals surface area contributed by atoms with Crippen LogP contribution in [0.25, 0.3) is 11.0 Å². The third-order valence-electron chi connectivity index (χ3n) is 4.71. The van der Waals surface area contributed by atoms with E-state index in [0.29, 0.717) is 6.42 Å². The molecule has 0 radical (unpaired) electrons. The van der Waals surface area contributed by atoms with Crippen LogP contribution >= 0.6 is 0 Å². The van der Waals surface area contributed by atoms with E-state index in [4.69, 9.17) is 0 Å². The molecular formula is C20H22N4O. The molecule has 3 N–H and O–H groups in total. The Bertz CT molecular complexity index is 825. The monoisotopic (exact) mass is 334 g/mol. The minimum Gasteiger partial charge on any atom is -0.353 e. The Kier molecular flexibility index (Phi) is 4.48. The fraction of sp³-hybridized carbons (Fsp3) is 0.300. The molecule has 1 aliphatic rings. The van der Waals surface area contributed by atoms with Crippen molar-refractivity contribution in [1.29, 1.82) is 0 Å². The maximum Gasteiger partial charge on any atom is 0.224 e. The molecule has 1 aliphatic heterocycles. The number of benzene rings is 2. The van der Waals surface area contributed by atoms with Gasteiger partial charge in [-0.15, -0.1) is 0 Å². The Morgan fingerprint density at radius 1 is 1.12 bits per heavy atom. The van der Waals surface area contributed by atoms with Crippen molar-refractivity contribution < 1.29 is 4.79 Å². The van der Waals surface area contributed by atoms with Crippen LogP contribution in [0.3, 0.4) is 0 Å². The van der Waals surface area contributed by atoms with Crippen LogP contribution in [0.15, 0.2) is 54.6 Å². The van der Waals surface area contributed by atoms with Crippen LogP contribution in [0, 0.1) is 0 Å². The quantitative estimate of drug-likeness (QED) is 0.687. The SMILES string of the molecule is O=C(Cc1ccccc1)N[C@@H]1CCN[C@@H](c2nc3ccccc3[nH]2)C1. The highest BCUT2D eigenvalue weighted by Crippen LogP contribution is 2.23. The van der Waals surface area contributed by atoms with Crippen molar-refractivity contribution in [2.24, 2.45) is 0 Å². The number of H-pyrrole nitrogens is 1. The van der Waals surface area contributed by atoms with E-state index < -0.39 is 0 Å². The summed E-state index contributed by atoms with van der Waals surface area (Å²) < 4.78 is 0. The van der Waals surface area contributed by atoms with Crippen LogP contribution in [-0.2, 0) is 11.2 Å². The number of hydrogen-bond donors (Lipinski definition) is 3. The lowest BCUT2D eigenvalue weighted by atomic mass is 9.98. The number of aromatic amines is 1. The lowest BCUT2D eigenvalue weighted by Gasteiger charge is -2.29. The van der Waals surface area contributed by atoms with Crippen molar-refractivity contribution in [3.63, 3.8) is 0 Å². The van der Waals surface area contributed by atoms with Gasteiger partial charge in [0.05, 0.1) is 23.5 Å². The van der Waals surface area contributed by atoms with Crippen molar-refractivity contribution in [2.45, 2.75) is 31.3 Å². The number of para-hydroxylation sites is 2. The molecule has 128 valence electrons. The minimum absolute atomic E-state index is 0.0847. The van der Waals surface area contributed by atoms with Gasteiger partial charge in [-0.05, 0) is 37.1 Å². The second-order valence-corrected chi connectivity index (χ2v) is 6.60. The van der Waals surface area contributed by atoms with E-state index >= 15 is 0 Å². The lowest BCUT2D eigenvalue weighted by molar-refractivity contribution is -0.121. The maximum atomic E-state index is 12.3. The normalized spacial score (nSPS) is 20.5. The summed E-state index contributed by atoms with van der Waals surface area (Å²) in [4.78, 5) is 20.4. The number of nitrogens with zero attached hydrogens (tertiary/aromatic N) is 1. The van der Waals surface area contributed by atoms with E-state index in [1.54, 1.807) is 0 Å². The molecule has 0 bridgehead atoms. The summed E-state index contributed by atoms with van der Waals surface area (Å²) in [5.41, 5.74) is 3.08. The Morgan fingerprint density at radius 3 is 2.76 bits per heavy atom. The zero-order valence-corrected chi connectivity index (χ0v) is 14.0. The number of aromatic nitrogens is 2. The van der Waals surface area contributed by atoms with Crippen molar-refractivity contribution >= 4 is 16.9 Å². The Morgan fingerprint density at radius 2 is 1.92 bits per heavy atom. The number of carbonyl (C=O) groups excluding carboxylic acids is 1. The lowest BCUT2D eigenvalue weighted by Crippen LogP contribution is -2.44. The topological polar surface area (TPSA) is 69.8 Å². The van der Waals surface area contributed by atoms with Crippen LogP contribution in [0.1, 0.15) is 30.3 Å². The number of nitrogens with one attached hydrogen (secondary N) is 3. The van der Waals surface area contributed by atoms with E-state index in [1.165, 1.54) is 0 Å². The summed E-state index contributed by atoms with van der Waals surface area (Å²) in [6.07, 6.45) is 2.22. The number of piperidine rings is 1. The van der Waals surface area contributed by atoms with Gasteiger partial charge in [-0.25, -0.2) is 4.98 Å². The summed E-state index contributed by atoms with van der Waals surface area (Å²) in [5.74, 6) is 1.03. The zero-order chi connectivity index (χ0) is 17.1. The maximum absolute atomic E-state index is 12.3. The molecule has 5 nitrogen and oxygen atoms in total. The summed E-state index contributed by atoms with van der Waals surface area (Å²) >= 11 is 0. The first-order valence-electron chi connectivity index (χ1n) is 8.79. The van der Waals surface area contributed by atoms with Gasteiger partial charge in [0.15, 0.2) is 0 Å². The molecule has 2 atom stereocenters. The number of imidazole rings is 1. The van der Waals surface area contributed by atoms with E-state index in [9.17, 15) is 4.79 Å². The Balaban J connectivity index is 1.39. The molecule has 0 unspecified atom stereocenters. The smallest absolute Gasteiger partial charge is 0.224 e. The highest BCUT2D eigenvalue weighted by Gasteiger charge is 2.26. The molecule has 4 rings (SSSR count). The van der Waals surface area contributed by atoms with Gasteiger partial charge in [0.25, 0.3) is 0 Å². The van der Waals surface area contributed by atoms with Crippen LogP contribution in [0.4, 0.5) is 0 Å². The number of hydrogen-bond acceptors (Lipinski definition) is 3. The predicted molar refractivity (Wildman–Crippen MR) is 98.1 cm³/mol. The van der Waals surface area contributed by atoms with Gasteiger partial charge >= 0.3 is 0 Å². The molecule has 0 aliphatic carbocycles. The molecule has 1 saturated heterocycles. The molecule has 0 saturated carbocycles. The standard InChI is InChI=1S/C20H22N4O/c25-19(12-14-6-2-1-3-7-14)22-15-10-11-21-18(13-15)20-23-16-8-4-5-9-17(16)24-20/h1-9,15,18,21H,10-13H2,(H,22,25)(H,23,24)/t15-,18-/m1/s1. The third kappa shape index (κ3) is 3.72. The van der Waals surface area contributed by atoms with Gasteiger partial charge in [-0.3, -0.25) is 4.79 Å². The average Bonchev–Trinajstić information content (AvgIpc) is 3.07. The summed E-state index contributed by atoms with van der Waals surface area (Å²) in [6.45, 7) is 0.873. The average molecular weight is 334 g/mol. The number of carbonyl (C=O) groups is 1. The largest absolute Gasteiger partial charge is 0.353 e. The van der Waals surface area contributed by atoms with E-state index in [-0.39, 0.29) is 18.0 Å². The van der Waals surface area contributed by atoms with Gasteiger partial charge in [0.2, 0.25) is 5.91 Å². The van der Waals surface area contributed by atoms with Crippen molar-refractivity contribution in [1.82, 2.24) is 20.6 Å². The van der Waals surface area contributed by atoms with Gasteiger partial charge in [-0.1, -0.05) is 42.5 Å². The second kappa shape index (κ2) is 7.07. The molecule has 5 heteroatoms. The van der Waals surface area contributed by atoms with Crippen LogP contribution < -0.4 is 10.6 Å². The molecule has 0 spiro atoms. The fourth-order valence-corrected chi connectivity index (χ4v) is 3.45. The highest BCUT2D eigenvalue weighted by atomic mass is 16.1. The molecule has 3 aromatic rings. The zero-order valence-electron chi connectivity index (χ0n) is 14.0. The van der Waals surface area contributed by atoms with Crippen LogP contribution in [0.2, 0.25) is 0 Å². The molecule has 2 aromatic carbocycles. The second-order valence-electron chi connectivity index (χ2n) is 6.60. The molecule has 1 fully saturated rings. The number of fused-ring (bicyclic) bond motifs is 1. The minimum atomic E-state index is 0.0847. The highest BCUT2D eigenvalue weighted by molar-refractivity contribution is 5.79. The Labute approximate surface area is 146 Å². The van der Waals surface area contributed by atoms with E-state index in [1.807, 2.05) is 54.6 Å². The van der Waals surface area contributed by atoms with Gasteiger partial charge in [0, 0.05) is 6.04 Å². The van der Waals surface area contributed by atoms with E-state index in [2.05, 4.69) is 20.6 Å². The van der Waals surface area contributed by atoms with Gasteiger partial charge in [-0.2, -0.15) is 0 Å². The summed E-state index contributed by atoms with van der Waals surface area (Å²) in [7, 11) is 0. The number of amides is 1.